The Labute approximate surface area is 93.2 Å². The van der Waals surface area contributed by atoms with Gasteiger partial charge in [0.1, 0.15) is 0 Å². The minimum atomic E-state index is -0.108. The molecule has 0 spiro atoms. The van der Waals surface area contributed by atoms with E-state index in [1.54, 1.807) is 6.07 Å². The van der Waals surface area contributed by atoms with Gasteiger partial charge in [0.05, 0.1) is 5.69 Å². The topological polar surface area (TPSA) is 46.5 Å². The molecule has 1 N–H and O–H groups in total. The van der Waals surface area contributed by atoms with E-state index in [0.29, 0.717) is 10.7 Å². The fourth-order valence-electron chi connectivity index (χ4n) is 0.984. The van der Waals surface area contributed by atoms with Crippen molar-refractivity contribution in [1.29, 1.82) is 0 Å². The predicted molar refractivity (Wildman–Crippen MR) is 59.3 cm³/mol. The van der Waals surface area contributed by atoms with Gasteiger partial charge >= 0.3 is 0 Å². The lowest BCUT2D eigenvalue weighted by Gasteiger charge is -2.24. The molecule has 0 aliphatic heterocycles. The fraction of sp³-hybridized carbons (Fsp3) is 0.250. The zero-order valence-electron chi connectivity index (χ0n) is 6.70. The number of hydrogen-bond acceptors (Lipinski definition) is 3. The van der Waals surface area contributed by atoms with E-state index >= 15 is 0 Å². The van der Waals surface area contributed by atoms with Gasteiger partial charge in [-0.25, -0.2) is 0 Å². The summed E-state index contributed by atoms with van der Waals surface area (Å²) in [5, 5.41) is 20.6. The van der Waals surface area contributed by atoms with Crippen molar-refractivity contribution < 1.29 is 5.21 Å². The lowest BCUT2D eigenvalue weighted by Crippen LogP contribution is -2.09. The molecule has 0 amide bonds. The maximum Gasteiger partial charge on any atom is 0.0552 e. The Morgan fingerprint density at radius 3 is 2.46 bits per heavy atom. The van der Waals surface area contributed by atoms with Crippen LogP contribution in [0.2, 0.25) is 0 Å². The molecule has 0 radical (unpaired) electrons. The molecular weight excluding hydrogens is 302 g/mol. The summed E-state index contributed by atoms with van der Waals surface area (Å²) in [7, 11) is 0. The van der Waals surface area contributed by atoms with Crippen molar-refractivity contribution in [3.05, 3.63) is 34.5 Å². The van der Waals surface area contributed by atoms with Crippen LogP contribution in [0, 0.1) is 5.21 Å². The van der Waals surface area contributed by atoms with E-state index in [1.807, 2.05) is 12.1 Å². The summed E-state index contributed by atoms with van der Waals surface area (Å²) in [6.45, 7) is 0. The zero-order valence-corrected chi connectivity index (χ0v) is 9.88. The molecule has 0 aliphatic carbocycles. The second-order valence-corrected chi connectivity index (χ2v) is 3.62. The first-order chi connectivity index (χ1) is 6.19. The summed E-state index contributed by atoms with van der Waals surface area (Å²) in [6.07, 6.45) is 0. The van der Waals surface area contributed by atoms with Crippen LogP contribution in [0.1, 0.15) is 11.1 Å². The first-order valence-corrected chi connectivity index (χ1v) is 5.83. The molecule has 0 bridgehead atoms. The molecule has 72 valence electrons. The van der Waals surface area contributed by atoms with Gasteiger partial charge in [-0.15, -0.1) is 0 Å². The molecule has 0 aromatic heterocycles. The van der Waals surface area contributed by atoms with Crippen LogP contribution in [-0.2, 0) is 10.7 Å². The number of halogens is 2. The average Bonchev–Trinajstić information content (AvgIpc) is 2.16. The SMILES string of the molecule is [O-]N(O)c1cc(CBr)ccc1CBr. The second-order valence-electron chi connectivity index (χ2n) is 2.50. The summed E-state index contributed by atoms with van der Waals surface area (Å²) < 4.78 is 0. The molecule has 13 heavy (non-hydrogen) atoms. The molecule has 3 nitrogen and oxygen atoms in total. The Kier molecular flexibility index (Phi) is 4.18. The number of anilines is 1. The molecule has 1 aromatic carbocycles. The Balaban J connectivity index is 3.10. The fourth-order valence-corrected chi connectivity index (χ4v) is 1.81. The second kappa shape index (κ2) is 4.95. The molecule has 0 saturated carbocycles. The largest absolute Gasteiger partial charge is 0.733 e. The number of alkyl halides is 2. The summed E-state index contributed by atoms with van der Waals surface area (Å²) >= 11 is 6.51. The molecule has 0 fully saturated rings. The van der Waals surface area contributed by atoms with Crippen LogP contribution in [0.4, 0.5) is 5.69 Å². The van der Waals surface area contributed by atoms with Gasteiger partial charge in [0.25, 0.3) is 0 Å². The van der Waals surface area contributed by atoms with E-state index in [4.69, 9.17) is 5.21 Å². The smallest absolute Gasteiger partial charge is 0.0552 e. The van der Waals surface area contributed by atoms with Gasteiger partial charge in [-0.3, -0.25) is 5.21 Å². The highest BCUT2D eigenvalue weighted by atomic mass is 79.9. The lowest BCUT2D eigenvalue weighted by molar-refractivity contribution is 0.296. The predicted octanol–water partition coefficient (Wildman–Crippen LogP) is 3.17. The highest BCUT2D eigenvalue weighted by molar-refractivity contribution is 9.08. The van der Waals surface area contributed by atoms with Crippen molar-refractivity contribution in [1.82, 2.24) is 0 Å². The van der Waals surface area contributed by atoms with Crippen molar-refractivity contribution in [2.45, 2.75) is 10.7 Å². The minimum Gasteiger partial charge on any atom is -0.733 e. The maximum atomic E-state index is 10.7. The van der Waals surface area contributed by atoms with Crippen molar-refractivity contribution in [3.8, 4) is 0 Å². The normalized spacial score (nSPS) is 10.2. The molecule has 0 unspecified atom stereocenters. The highest BCUT2D eigenvalue weighted by Crippen LogP contribution is 2.23. The van der Waals surface area contributed by atoms with E-state index in [2.05, 4.69) is 31.9 Å². The number of hydrogen-bond donors (Lipinski definition) is 1. The Hall–Kier alpha value is -0.100. The average molecular weight is 310 g/mol. The monoisotopic (exact) mass is 308 g/mol. The van der Waals surface area contributed by atoms with Crippen LogP contribution in [0.3, 0.4) is 0 Å². The van der Waals surface area contributed by atoms with E-state index in [-0.39, 0.29) is 10.9 Å². The van der Waals surface area contributed by atoms with Crippen molar-refractivity contribution in [2.24, 2.45) is 0 Å². The summed E-state index contributed by atoms with van der Waals surface area (Å²) in [4.78, 5) is 0. The van der Waals surface area contributed by atoms with Crippen LogP contribution in [0.25, 0.3) is 0 Å². The third-order valence-electron chi connectivity index (χ3n) is 1.65. The van der Waals surface area contributed by atoms with Crippen molar-refractivity contribution in [2.75, 3.05) is 5.23 Å². The van der Waals surface area contributed by atoms with Gasteiger partial charge in [0, 0.05) is 10.7 Å². The van der Waals surface area contributed by atoms with Crippen LogP contribution in [0.5, 0.6) is 0 Å². The summed E-state index contributed by atoms with van der Waals surface area (Å²) in [6, 6.07) is 5.36. The summed E-state index contributed by atoms with van der Waals surface area (Å²) in [5.74, 6) is 0. The first-order valence-electron chi connectivity index (χ1n) is 3.59. The molecule has 1 rings (SSSR count). The van der Waals surface area contributed by atoms with Gasteiger partial charge in [0.2, 0.25) is 0 Å². The van der Waals surface area contributed by atoms with E-state index in [1.165, 1.54) is 0 Å². The number of rotatable bonds is 3. The van der Waals surface area contributed by atoms with Gasteiger partial charge in [0.15, 0.2) is 0 Å². The Bertz CT molecular complexity index is 291. The maximum absolute atomic E-state index is 10.7. The molecular formula is C8H8Br2NO2-. The Morgan fingerprint density at radius 1 is 1.31 bits per heavy atom. The van der Waals surface area contributed by atoms with Crippen LogP contribution < -0.4 is 5.23 Å². The summed E-state index contributed by atoms with van der Waals surface area (Å²) in [5.41, 5.74) is 2.01. The van der Waals surface area contributed by atoms with E-state index in [0.717, 1.165) is 11.1 Å². The van der Waals surface area contributed by atoms with Gasteiger partial charge in [-0.05, 0) is 17.2 Å². The van der Waals surface area contributed by atoms with Crippen LogP contribution >= 0.6 is 31.9 Å². The van der Waals surface area contributed by atoms with E-state index in [9.17, 15) is 5.21 Å². The van der Waals surface area contributed by atoms with Gasteiger partial charge in [-0.1, -0.05) is 44.0 Å². The molecule has 0 aliphatic rings. The lowest BCUT2D eigenvalue weighted by atomic mass is 10.1. The highest BCUT2D eigenvalue weighted by Gasteiger charge is 2.02. The zero-order chi connectivity index (χ0) is 9.84. The third-order valence-corrected chi connectivity index (χ3v) is 2.91. The minimum absolute atomic E-state index is 0.108. The molecule has 0 atom stereocenters. The third kappa shape index (κ3) is 2.67. The van der Waals surface area contributed by atoms with E-state index < -0.39 is 0 Å². The van der Waals surface area contributed by atoms with Gasteiger partial charge in [-0.2, -0.15) is 0 Å². The Morgan fingerprint density at radius 2 is 2.00 bits per heavy atom. The van der Waals surface area contributed by atoms with Crippen molar-refractivity contribution >= 4 is 37.5 Å². The van der Waals surface area contributed by atoms with Crippen molar-refractivity contribution in [3.63, 3.8) is 0 Å². The molecule has 0 heterocycles. The quantitative estimate of drug-likeness (QED) is 0.689. The number of nitrogens with zero attached hydrogens (tertiary/aromatic N) is 1. The first kappa shape index (κ1) is 11.0. The molecule has 0 saturated heterocycles. The molecule has 5 heteroatoms. The standard InChI is InChI=1S/C8H8Br2NO2/c9-4-6-1-2-7(5-10)8(3-6)11(12)13/h1-3,12H,4-5H2/q-1. The van der Waals surface area contributed by atoms with Gasteiger partial charge < -0.3 is 10.4 Å². The number of benzene rings is 1. The van der Waals surface area contributed by atoms with Crippen LogP contribution in [0.15, 0.2) is 18.2 Å². The van der Waals surface area contributed by atoms with Crippen LogP contribution in [-0.4, -0.2) is 5.21 Å². The molecule has 1 aromatic rings.